The van der Waals surface area contributed by atoms with Crippen molar-refractivity contribution in [1.29, 1.82) is 0 Å². The fourth-order valence-corrected chi connectivity index (χ4v) is 2.62. The highest BCUT2D eigenvalue weighted by molar-refractivity contribution is 6.32. The van der Waals surface area contributed by atoms with Gasteiger partial charge in [0.25, 0.3) is 0 Å². The van der Waals surface area contributed by atoms with Gasteiger partial charge in [0.2, 0.25) is 0 Å². The lowest BCUT2D eigenvalue weighted by Crippen LogP contribution is -2.25. The van der Waals surface area contributed by atoms with Gasteiger partial charge in [0, 0.05) is 12.6 Å². The third kappa shape index (κ3) is 3.18. The van der Waals surface area contributed by atoms with Gasteiger partial charge in [-0.25, -0.2) is 0 Å². The Hall–Kier alpha value is -0.740. The van der Waals surface area contributed by atoms with Crippen LogP contribution in [0, 0.1) is 0 Å². The van der Waals surface area contributed by atoms with Gasteiger partial charge in [-0.2, -0.15) is 13.2 Å². The normalized spacial score (nSPS) is 17.3. The second-order valence-electron chi connectivity index (χ2n) is 4.64. The fraction of sp³-hybridized carbons (Fsp3) is 0.538. The van der Waals surface area contributed by atoms with Crippen LogP contribution >= 0.6 is 11.6 Å². The minimum absolute atomic E-state index is 0.185. The van der Waals surface area contributed by atoms with E-state index in [-0.39, 0.29) is 5.02 Å². The van der Waals surface area contributed by atoms with E-state index in [1.807, 2.05) is 0 Å². The average Bonchev–Trinajstić information content (AvgIpc) is 2.79. The Bertz CT molecular complexity index is 411. The number of hydrogen-bond donors (Lipinski definition) is 1. The van der Waals surface area contributed by atoms with E-state index in [4.69, 9.17) is 11.6 Å². The van der Waals surface area contributed by atoms with Gasteiger partial charge < -0.3 is 5.32 Å². The van der Waals surface area contributed by atoms with Crippen LogP contribution in [0.3, 0.4) is 0 Å². The maximum Gasteiger partial charge on any atom is 0.417 e. The van der Waals surface area contributed by atoms with Crippen molar-refractivity contribution in [3.8, 4) is 0 Å². The zero-order valence-electron chi connectivity index (χ0n) is 9.86. The Morgan fingerprint density at radius 2 is 1.89 bits per heavy atom. The highest BCUT2D eigenvalue weighted by Gasteiger charge is 2.33. The van der Waals surface area contributed by atoms with Gasteiger partial charge in [0.05, 0.1) is 10.6 Å². The Kier molecular flexibility index (Phi) is 4.17. The third-order valence-corrected chi connectivity index (χ3v) is 3.77. The molecule has 0 aliphatic heterocycles. The number of benzene rings is 1. The largest absolute Gasteiger partial charge is 0.417 e. The molecule has 0 amide bonds. The van der Waals surface area contributed by atoms with Crippen LogP contribution in [-0.4, -0.2) is 6.04 Å². The van der Waals surface area contributed by atoms with Crippen LogP contribution in [0.4, 0.5) is 13.2 Å². The van der Waals surface area contributed by atoms with E-state index in [9.17, 15) is 13.2 Å². The van der Waals surface area contributed by atoms with E-state index in [0.717, 1.165) is 18.9 Å². The Morgan fingerprint density at radius 3 is 2.50 bits per heavy atom. The van der Waals surface area contributed by atoms with Crippen molar-refractivity contribution in [3.63, 3.8) is 0 Å². The molecule has 0 unspecified atom stereocenters. The molecule has 18 heavy (non-hydrogen) atoms. The first-order chi connectivity index (χ1) is 8.48. The molecule has 0 spiro atoms. The zero-order chi connectivity index (χ0) is 13.2. The number of alkyl halides is 3. The summed E-state index contributed by atoms with van der Waals surface area (Å²) in [5.74, 6) is 0. The van der Waals surface area contributed by atoms with Gasteiger partial charge >= 0.3 is 6.18 Å². The monoisotopic (exact) mass is 277 g/mol. The molecule has 100 valence electrons. The molecule has 0 saturated heterocycles. The summed E-state index contributed by atoms with van der Waals surface area (Å²) in [6.07, 6.45) is 0.176. The van der Waals surface area contributed by atoms with Gasteiger partial charge in [0.1, 0.15) is 0 Å². The summed E-state index contributed by atoms with van der Waals surface area (Å²) in [5, 5.41) is 3.08. The quantitative estimate of drug-likeness (QED) is 0.864. The lowest BCUT2D eigenvalue weighted by atomic mass is 10.1. The van der Waals surface area contributed by atoms with E-state index in [1.165, 1.54) is 18.9 Å². The Labute approximate surface area is 109 Å². The van der Waals surface area contributed by atoms with Crippen molar-refractivity contribution >= 4 is 11.6 Å². The Balaban J connectivity index is 2.08. The molecule has 1 N–H and O–H groups in total. The smallest absolute Gasteiger partial charge is 0.310 e. The first-order valence-corrected chi connectivity index (χ1v) is 6.44. The summed E-state index contributed by atoms with van der Waals surface area (Å²) in [4.78, 5) is 0. The average molecular weight is 278 g/mol. The van der Waals surface area contributed by atoms with E-state index in [1.54, 1.807) is 6.07 Å². The summed E-state index contributed by atoms with van der Waals surface area (Å²) in [6, 6.07) is 4.47. The van der Waals surface area contributed by atoms with E-state index in [0.29, 0.717) is 18.2 Å². The van der Waals surface area contributed by atoms with Crippen LogP contribution < -0.4 is 5.32 Å². The van der Waals surface area contributed by atoms with Crippen LogP contribution in [-0.2, 0) is 12.7 Å². The van der Waals surface area contributed by atoms with Crippen molar-refractivity contribution in [2.24, 2.45) is 0 Å². The minimum Gasteiger partial charge on any atom is -0.310 e. The summed E-state index contributed by atoms with van der Waals surface area (Å²) < 4.78 is 38.0. The van der Waals surface area contributed by atoms with E-state index >= 15 is 0 Å². The molecular formula is C13H15ClF3N. The molecule has 2 rings (SSSR count). The van der Waals surface area contributed by atoms with Crippen molar-refractivity contribution in [2.45, 2.75) is 44.4 Å². The summed E-state index contributed by atoms with van der Waals surface area (Å²) >= 11 is 5.82. The first kappa shape index (κ1) is 13.7. The number of rotatable bonds is 3. The molecule has 0 aromatic heterocycles. The highest BCUT2D eigenvalue weighted by Crippen LogP contribution is 2.36. The molecular weight excluding hydrogens is 263 g/mol. The fourth-order valence-electron chi connectivity index (χ4n) is 2.32. The van der Waals surface area contributed by atoms with E-state index in [2.05, 4.69) is 5.32 Å². The predicted molar refractivity (Wildman–Crippen MR) is 65.5 cm³/mol. The van der Waals surface area contributed by atoms with Crippen molar-refractivity contribution < 1.29 is 13.2 Å². The van der Waals surface area contributed by atoms with Gasteiger partial charge in [-0.05, 0) is 24.5 Å². The van der Waals surface area contributed by atoms with Crippen LogP contribution in [0.25, 0.3) is 0 Å². The lowest BCUT2D eigenvalue weighted by Gasteiger charge is -2.15. The number of halogens is 4. The molecule has 1 fully saturated rings. The molecule has 1 aliphatic rings. The molecule has 1 aromatic rings. The third-order valence-electron chi connectivity index (χ3n) is 3.32. The van der Waals surface area contributed by atoms with Gasteiger partial charge in [-0.3, -0.25) is 0 Å². The molecule has 0 bridgehead atoms. The van der Waals surface area contributed by atoms with Gasteiger partial charge in [-0.15, -0.1) is 0 Å². The predicted octanol–water partition coefficient (Wildman–Crippen LogP) is 4.39. The molecule has 0 heterocycles. The standard InChI is InChI=1S/C13H15ClF3N/c14-12-9(8-18-10-5-1-2-6-10)4-3-7-11(12)13(15,16)17/h3-4,7,10,18H,1-2,5-6,8H2. The molecule has 1 nitrogen and oxygen atoms in total. The molecule has 5 heteroatoms. The summed E-state index contributed by atoms with van der Waals surface area (Å²) in [5.41, 5.74) is -0.242. The Morgan fingerprint density at radius 1 is 1.22 bits per heavy atom. The molecule has 0 radical (unpaired) electrons. The second kappa shape index (κ2) is 5.49. The highest BCUT2D eigenvalue weighted by atomic mass is 35.5. The van der Waals surface area contributed by atoms with Crippen LogP contribution in [0.2, 0.25) is 5.02 Å². The van der Waals surface area contributed by atoms with Crippen molar-refractivity contribution in [2.75, 3.05) is 0 Å². The maximum absolute atomic E-state index is 12.7. The van der Waals surface area contributed by atoms with Crippen molar-refractivity contribution in [1.82, 2.24) is 5.32 Å². The molecule has 1 saturated carbocycles. The summed E-state index contributed by atoms with van der Waals surface area (Å²) in [6.45, 7) is 0.396. The molecule has 1 aliphatic carbocycles. The number of nitrogens with one attached hydrogen (secondary N) is 1. The number of hydrogen-bond acceptors (Lipinski definition) is 1. The van der Waals surface area contributed by atoms with E-state index < -0.39 is 11.7 Å². The molecule has 0 atom stereocenters. The SMILES string of the molecule is FC(F)(F)c1cccc(CNC2CCCC2)c1Cl. The topological polar surface area (TPSA) is 12.0 Å². The van der Waals surface area contributed by atoms with Crippen molar-refractivity contribution in [3.05, 3.63) is 34.3 Å². The van der Waals surface area contributed by atoms with Gasteiger partial charge in [-0.1, -0.05) is 36.6 Å². The lowest BCUT2D eigenvalue weighted by molar-refractivity contribution is -0.137. The van der Waals surface area contributed by atoms with Gasteiger partial charge in [0.15, 0.2) is 0 Å². The minimum atomic E-state index is -4.39. The first-order valence-electron chi connectivity index (χ1n) is 6.06. The second-order valence-corrected chi connectivity index (χ2v) is 5.02. The van der Waals surface area contributed by atoms with Crippen LogP contribution in [0.1, 0.15) is 36.8 Å². The maximum atomic E-state index is 12.7. The summed E-state index contributed by atoms with van der Waals surface area (Å²) in [7, 11) is 0. The zero-order valence-corrected chi connectivity index (χ0v) is 10.6. The molecule has 1 aromatic carbocycles. The van der Waals surface area contributed by atoms with Crippen LogP contribution in [0.15, 0.2) is 18.2 Å². The van der Waals surface area contributed by atoms with Crippen LogP contribution in [0.5, 0.6) is 0 Å².